The number of H-pyrrole nitrogens is 1. The molecule has 0 saturated heterocycles. The number of hydrogen-bond donors (Lipinski definition) is 2. The van der Waals surface area contributed by atoms with Gasteiger partial charge in [0.25, 0.3) is 0 Å². The quantitative estimate of drug-likeness (QED) is 0.702. The molecule has 0 atom stereocenters. The molecule has 0 unspecified atom stereocenters. The van der Waals surface area contributed by atoms with E-state index in [9.17, 15) is 0 Å². The summed E-state index contributed by atoms with van der Waals surface area (Å²) in [7, 11) is 0. The molecule has 13 heavy (non-hydrogen) atoms. The first kappa shape index (κ1) is 7.66. The van der Waals surface area contributed by atoms with Crippen LogP contribution in [-0.2, 0) is 0 Å². The van der Waals surface area contributed by atoms with Crippen LogP contribution in [0.15, 0.2) is 18.5 Å². The number of aromatic nitrogens is 5. The Bertz CT molecular complexity index is 381. The van der Waals surface area contributed by atoms with Gasteiger partial charge in [0, 0.05) is 11.8 Å². The average Bonchev–Trinajstić information content (AvgIpc) is 2.53. The maximum absolute atomic E-state index is 3.97. The molecule has 6 nitrogen and oxygen atoms in total. The van der Waals surface area contributed by atoms with E-state index in [0.717, 1.165) is 5.69 Å². The predicted octanol–water partition coefficient (Wildman–Crippen LogP) is 0.647. The second-order valence-corrected chi connectivity index (χ2v) is 2.53. The molecule has 0 bridgehead atoms. The second kappa shape index (κ2) is 3.18. The highest BCUT2D eigenvalue weighted by atomic mass is 15.3. The minimum atomic E-state index is 0.439. The lowest BCUT2D eigenvalue weighted by Gasteiger charge is -1.96. The summed E-state index contributed by atoms with van der Waals surface area (Å²) in [5.41, 5.74) is 0.978. The molecule has 2 aromatic heterocycles. The molecule has 0 aliphatic carbocycles. The number of hydrogen-bond acceptors (Lipinski definition) is 5. The third-order valence-electron chi connectivity index (χ3n) is 1.43. The Morgan fingerprint density at radius 3 is 2.92 bits per heavy atom. The van der Waals surface area contributed by atoms with Crippen LogP contribution >= 0.6 is 0 Å². The molecule has 66 valence electrons. The monoisotopic (exact) mass is 176 g/mol. The van der Waals surface area contributed by atoms with E-state index in [1.165, 1.54) is 6.20 Å². The van der Waals surface area contributed by atoms with Crippen molar-refractivity contribution in [1.29, 1.82) is 0 Å². The van der Waals surface area contributed by atoms with Gasteiger partial charge in [-0.05, 0) is 6.92 Å². The van der Waals surface area contributed by atoms with Gasteiger partial charge in [0.05, 0.1) is 12.4 Å². The molecule has 6 heteroatoms. The first-order chi connectivity index (χ1) is 6.34. The zero-order valence-corrected chi connectivity index (χ0v) is 7.02. The lowest BCUT2D eigenvalue weighted by Crippen LogP contribution is -1.97. The number of aromatic amines is 1. The van der Waals surface area contributed by atoms with Crippen molar-refractivity contribution < 1.29 is 0 Å². The molecule has 2 aromatic rings. The van der Waals surface area contributed by atoms with E-state index in [2.05, 4.69) is 30.7 Å². The SMILES string of the molecule is Cc1cc(Nc2nccnn2)n[nH]1. The fourth-order valence-corrected chi connectivity index (χ4v) is 0.901. The Balaban J connectivity index is 2.15. The van der Waals surface area contributed by atoms with Crippen molar-refractivity contribution in [2.75, 3.05) is 5.32 Å². The summed E-state index contributed by atoms with van der Waals surface area (Å²) >= 11 is 0. The molecule has 0 aromatic carbocycles. The molecule has 2 N–H and O–H groups in total. The van der Waals surface area contributed by atoms with Crippen molar-refractivity contribution in [3.63, 3.8) is 0 Å². The first-order valence-corrected chi connectivity index (χ1v) is 3.77. The average molecular weight is 176 g/mol. The highest BCUT2D eigenvalue weighted by Crippen LogP contribution is 2.08. The van der Waals surface area contributed by atoms with Crippen LogP contribution in [0.4, 0.5) is 11.8 Å². The van der Waals surface area contributed by atoms with Gasteiger partial charge in [-0.1, -0.05) is 0 Å². The van der Waals surface area contributed by atoms with Crippen molar-refractivity contribution in [1.82, 2.24) is 25.4 Å². The van der Waals surface area contributed by atoms with E-state index < -0.39 is 0 Å². The summed E-state index contributed by atoms with van der Waals surface area (Å²) in [6, 6.07) is 1.86. The van der Waals surface area contributed by atoms with Crippen molar-refractivity contribution in [3.05, 3.63) is 24.2 Å². The molecule has 2 rings (SSSR count). The maximum Gasteiger partial charge on any atom is 0.248 e. The highest BCUT2D eigenvalue weighted by Gasteiger charge is 1.99. The van der Waals surface area contributed by atoms with Crippen LogP contribution in [-0.4, -0.2) is 25.4 Å². The van der Waals surface area contributed by atoms with Gasteiger partial charge in [-0.3, -0.25) is 5.10 Å². The minimum absolute atomic E-state index is 0.439. The standard InChI is InChI=1S/C7H8N6/c1-5-4-6(12-11-5)10-7-8-2-3-9-13-7/h2-4H,1H3,(H2,8,10,11,12,13). The summed E-state index contributed by atoms with van der Waals surface area (Å²) in [6.07, 6.45) is 3.08. The van der Waals surface area contributed by atoms with Gasteiger partial charge < -0.3 is 5.32 Å². The third-order valence-corrected chi connectivity index (χ3v) is 1.43. The normalized spacial score (nSPS) is 9.92. The first-order valence-electron chi connectivity index (χ1n) is 3.77. The Labute approximate surface area is 74.4 Å². The van der Waals surface area contributed by atoms with Crippen molar-refractivity contribution in [2.24, 2.45) is 0 Å². The molecule has 0 amide bonds. The van der Waals surface area contributed by atoms with Gasteiger partial charge >= 0.3 is 0 Å². The van der Waals surface area contributed by atoms with Crippen LogP contribution in [0.2, 0.25) is 0 Å². The molecular weight excluding hydrogens is 168 g/mol. The van der Waals surface area contributed by atoms with Gasteiger partial charge in [-0.2, -0.15) is 10.2 Å². The van der Waals surface area contributed by atoms with Crippen molar-refractivity contribution in [3.8, 4) is 0 Å². The highest BCUT2D eigenvalue weighted by molar-refractivity contribution is 5.46. The van der Waals surface area contributed by atoms with Gasteiger partial charge in [0.2, 0.25) is 5.95 Å². The summed E-state index contributed by atoms with van der Waals surface area (Å²) < 4.78 is 0. The lowest BCUT2D eigenvalue weighted by molar-refractivity contribution is 0.970. The molecule has 0 fully saturated rings. The van der Waals surface area contributed by atoms with Gasteiger partial charge in [0.1, 0.15) is 0 Å². The number of rotatable bonds is 2. The Morgan fingerprint density at radius 2 is 2.31 bits per heavy atom. The van der Waals surface area contributed by atoms with Crippen LogP contribution < -0.4 is 5.32 Å². The fraction of sp³-hybridized carbons (Fsp3) is 0.143. The summed E-state index contributed by atoms with van der Waals surface area (Å²) in [5, 5.41) is 17.1. The Hall–Kier alpha value is -1.98. The van der Waals surface area contributed by atoms with Crippen molar-refractivity contribution in [2.45, 2.75) is 6.92 Å². The van der Waals surface area contributed by atoms with E-state index in [1.807, 2.05) is 13.0 Å². The zero-order chi connectivity index (χ0) is 9.10. The smallest absolute Gasteiger partial charge is 0.248 e. The fourth-order valence-electron chi connectivity index (χ4n) is 0.901. The van der Waals surface area contributed by atoms with Crippen molar-refractivity contribution >= 4 is 11.8 Å². The Morgan fingerprint density at radius 1 is 1.38 bits per heavy atom. The Kier molecular flexibility index (Phi) is 1.87. The van der Waals surface area contributed by atoms with Crippen LogP contribution in [0.25, 0.3) is 0 Å². The summed E-state index contributed by atoms with van der Waals surface area (Å²) in [4.78, 5) is 3.94. The van der Waals surface area contributed by atoms with E-state index in [4.69, 9.17) is 0 Å². The van der Waals surface area contributed by atoms with Crippen LogP contribution in [0.5, 0.6) is 0 Å². The summed E-state index contributed by atoms with van der Waals surface area (Å²) in [5.74, 6) is 1.12. The van der Waals surface area contributed by atoms with E-state index in [-0.39, 0.29) is 0 Å². The van der Waals surface area contributed by atoms with Crippen LogP contribution in [0, 0.1) is 6.92 Å². The number of nitrogens with zero attached hydrogens (tertiary/aromatic N) is 4. The van der Waals surface area contributed by atoms with Crippen LogP contribution in [0.1, 0.15) is 5.69 Å². The molecule has 0 spiro atoms. The zero-order valence-electron chi connectivity index (χ0n) is 7.02. The number of nitrogens with one attached hydrogen (secondary N) is 2. The predicted molar refractivity (Wildman–Crippen MR) is 46.4 cm³/mol. The van der Waals surface area contributed by atoms with Gasteiger partial charge in [0.15, 0.2) is 5.82 Å². The molecule has 0 saturated carbocycles. The maximum atomic E-state index is 3.97. The second-order valence-electron chi connectivity index (χ2n) is 2.53. The molecule has 2 heterocycles. The number of anilines is 2. The van der Waals surface area contributed by atoms with Gasteiger partial charge in [-0.15, -0.1) is 5.10 Å². The third kappa shape index (κ3) is 1.78. The topological polar surface area (TPSA) is 79.4 Å². The molecular formula is C7H8N6. The van der Waals surface area contributed by atoms with Gasteiger partial charge in [-0.25, -0.2) is 4.98 Å². The minimum Gasteiger partial charge on any atom is -0.306 e. The molecule has 0 radical (unpaired) electrons. The van der Waals surface area contributed by atoms with Crippen LogP contribution in [0.3, 0.4) is 0 Å². The molecule has 0 aliphatic heterocycles. The van der Waals surface area contributed by atoms with E-state index >= 15 is 0 Å². The molecule has 0 aliphatic rings. The largest absolute Gasteiger partial charge is 0.306 e. The lowest BCUT2D eigenvalue weighted by atomic mass is 10.5. The summed E-state index contributed by atoms with van der Waals surface area (Å²) in [6.45, 7) is 1.92. The van der Waals surface area contributed by atoms with E-state index in [0.29, 0.717) is 11.8 Å². The number of aryl methyl sites for hydroxylation is 1. The van der Waals surface area contributed by atoms with E-state index in [1.54, 1.807) is 6.20 Å².